The lowest BCUT2D eigenvalue weighted by atomic mass is 10.1. The molecular formula is C13H21N3O4S. The van der Waals surface area contributed by atoms with E-state index in [-0.39, 0.29) is 17.0 Å². The number of nitrogens with one attached hydrogen (secondary N) is 1. The molecule has 1 amide bonds. The molecule has 21 heavy (non-hydrogen) atoms. The first-order chi connectivity index (χ1) is 9.77. The molecule has 0 aliphatic carbocycles. The topological polar surface area (TPSA) is 113 Å². The highest BCUT2D eigenvalue weighted by molar-refractivity contribution is 7.88. The Hall–Kier alpha value is -1.80. The Morgan fingerprint density at radius 3 is 2.67 bits per heavy atom. The van der Waals surface area contributed by atoms with Crippen molar-refractivity contribution in [1.29, 1.82) is 0 Å². The third-order valence-corrected chi connectivity index (χ3v) is 4.38. The van der Waals surface area contributed by atoms with Gasteiger partial charge in [-0.3, -0.25) is 4.79 Å². The van der Waals surface area contributed by atoms with Crippen LogP contribution in [0.1, 0.15) is 23.7 Å². The van der Waals surface area contributed by atoms with Gasteiger partial charge >= 0.3 is 0 Å². The molecule has 0 unspecified atom stereocenters. The summed E-state index contributed by atoms with van der Waals surface area (Å²) in [5.74, 6) is -0.691. The Morgan fingerprint density at radius 2 is 2.10 bits per heavy atom. The second-order valence-electron chi connectivity index (χ2n) is 4.61. The minimum Gasteiger partial charge on any atom is -0.505 e. The Bertz CT molecular complexity index is 601. The normalized spacial score (nSPS) is 11.6. The summed E-state index contributed by atoms with van der Waals surface area (Å²) in [6, 6.07) is 4.54. The maximum atomic E-state index is 11.9. The number of sulfonamides is 1. The van der Waals surface area contributed by atoms with Crippen molar-refractivity contribution in [1.82, 2.24) is 9.62 Å². The van der Waals surface area contributed by atoms with E-state index in [4.69, 9.17) is 5.73 Å². The summed E-state index contributed by atoms with van der Waals surface area (Å²) < 4.78 is 24.1. The zero-order valence-electron chi connectivity index (χ0n) is 12.2. The van der Waals surface area contributed by atoms with Crippen molar-refractivity contribution in [2.75, 3.05) is 31.6 Å². The van der Waals surface area contributed by atoms with Crippen molar-refractivity contribution in [3.05, 3.63) is 23.8 Å². The number of para-hydroxylation sites is 1. The first kappa shape index (κ1) is 17.3. The van der Waals surface area contributed by atoms with Gasteiger partial charge in [0.25, 0.3) is 5.91 Å². The number of carbonyl (C=O) groups is 1. The van der Waals surface area contributed by atoms with E-state index in [0.717, 1.165) is 6.26 Å². The van der Waals surface area contributed by atoms with Crippen LogP contribution in [0.5, 0.6) is 5.75 Å². The van der Waals surface area contributed by atoms with Crippen LogP contribution in [-0.2, 0) is 10.0 Å². The van der Waals surface area contributed by atoms with Crippen LogP contribution < -0.4 is 11.1 Å². The lowest BCUT2D eigenvalue weighted by molar-refractivity contribution is 0.0950. The fraction of sp³-hybridized carbons (Fsp3) is 0.462. The van der Waals surface area contributed by atoms with Crippen LogP contribution in [0.3, 0.4) is 0 Å². The molecule has 7 nitrogen and oxygen atoms in total. The molecule has 0 heterocycles. The first-order valence-electron chi connectivity index (χ1n) is 6.58. The number of nitrogens with two attached hydrogens (primary N) is 1. The zero-order valence-corrected chi connectivity index (χ0v) is 13.0. The van der Waals surface area contributed by atoms with E-state index >= 15 is 0 Å². The highest BCUT2D eigenvalue weighted by atomic mass is 32.2. The number of benzene rings is 1. The molecule has 4 N–H and O–H groups in total. The van der Waals surface area contributed by atoms with Gasteiger partial charge in [-0.2, -0.15) is 0 Å². The van der Waals surface area contributed by atoms with Crippen LogP contribution in [0.15, 0.2) is 18.2 Å². The third kappa shape index (κ3) is 4.91. The average Bonchev–Trinajstić information content (AvgIpc) is 2.40. The van der Waals surface area contributed by atoms with Crippen molar-refractivity contribution < 1.29 is 18.3 Å². The van der Waals surface area contributed by atoms with Gasteiger partial charge in [-0.05, 0) is 18.6 Å². The largest absolute Gasteiger partial charge is 0.505 e. The predicted molar refractivity (Wildman–Crippen MR) is 81.6 cm³/mol. The molecule has 0 radical (unpaired) electrons. The summed E-state index contributed by atoms with van der Waals surface area (Å²) in [6.07, 6.45) is 1.63. The van der Waals surface area contributed by atoms with E-state index in [9.17, 15) is 18.3 Å². The number of carbonyl (C=O) groups excluding carboxylic acids is 1. The van der Waals surface area contributed by atoms with Crippen LogP contribution in [0.25, 0.3) is 0 Å². The molecule has 0 fully saturated rings. The van der Waals surface area contributed by atoms with Crippen molar-refractivity contribution in [2.45, 2.75) is 13.3 Å². The second kappa shape index (κ2) is 7.28. The minimum absolute atomic E-state index is 0.102. The van der Waals surface area contributed by atoms with Crippen molar-refractivity contribution in [3.8, 4) is 5.75 Å². The maximum absolute atomic E-state index is 11.9. The molecule has 0 spiro atoms. The summed E-state index contributed by atoms with van der Waals surface area (Å²) in [7, 11) is -3.22. The molecule has 1 rings (SSSR count). The minimum atomic E-state index is -3.22. The van der Waals surface area contributed by atoms with Crippen LogP contribution in [0.2, 0.25) is 0 Å². The summed E-state index contributed by atoms with van der Waals surface area (Å²) in [5.41, 5.74) is 5.75. The summed E-state index contributed by atoms with van der Waals surface area (Å²) >= 11 is 0. The zero-order chi connectivity index (χ0) is 16.0. The number of hydrogen-bond donors (Lipinski definition) is 3. The molecule has 0 aliphatic rings. The van der Waals surface area contributed by atoms with E-state index < -0.39 is 15.9 Å². The molecule has 0 saturated carbocycles. The molecule has 1 aromatic rings. The van der Waals surface area contributed by atoms with Gasteiger partial charge < -0.3 is 16.2 Å². The van der Waals surface area contributed by atoms with Crippen LogP contribution >= 0.6 is 0 Å². The SMILES string of the molecule is CCN(CCCNC(=O)c1cccc(N)c1O)S(C)(=O)=O. The summed E-state index contributed by atoms with van der Waals surface area (Å²) in [6.45, 7) is 2.78. The van der Waals surface area contributed by atoms with Gasteiger partial charge in [-0.1, -0.05) is 13.0 Å². The standard InChI is InChI=1S/C13H21N3O4S/c1-3-16(21(2,19)20)9-5-8-15-13(18)10-6-4-7-11(14)12(10)17/h4,6-7,17H,3,5,8-9,14H2,1-2H3,(H,15,18). The van der Waals surface area contributed by atoms with Gasteiger partial charge in [0.05, 0.1) is 17.5 Å². The number of nitrogens with zero attached hydrogens (tertiary/aromatic N) is 1. The third-order valence-electron chi connectivity index (χ3n) is 3.00. The highest BCUT2D eigenvalue weighted by Crippen LogP contribution is 2.23. The Morgan fingerprint density at radius 1 is 1.43 bits per heavy atom. The monoisotopic (exact) mass is 315 g/mol. The van der Waals surface area contributed by atoms with Crippen LogP contribution in [0.4, 0.5) is 5.69 Å². The Kier molecular flexibility index (Phi) is 5.98. The molecule has 0 aliphatic heterocycles. The molecule has 0 bridgehead atoms. The number of rotatable bonds is 7. The number of aromatic hydroxyl groups is 1. The van der Waals surface area contributed by atoms with Crippen molar-refractivity contribution in [3.63, 3.8) is 0 Å². The molecule has 118 valence electrons. The van der Waals surface area contributed by atoms with E-state index in [1.807, 2.05) is 0 Å². The molecule has 0 saturated heterocycles. The molecule has 0 atom stereocenters. The number of phenols is 1. The molecular weight excluding hydrogens is 294 g/mol. The number of nitrogen functional groups attached to an aromatic ring is 1. The molecule has 1 aromatic carbocycles. The Balaban J connectivity index is 2.49. The Labute approximate surface area is 124 Å². The van der Waals surface area contributed by atoms with E-state index in [1.165, 1.54) is 16.4 Å². The van der Waals surface area contributed by atoms with Crippen molar-refractivity contribution in [2.24, 2.45) is 0 Å². The number of phenolic OH excluding ortho intramolecular Hbond substituents is 1. The predicted octanol–water partition coefficient (Wildman–Crippen LogP) is 0.376. The lowest BCUT2D eigenvalue weighted by Gasteiger charge is -2.17. The van der Waals surface area contributed by atoms with Crippen LogP contribution in [-0.4, -0.2) is 49.6 Å². The summed E-state index contributed by atoms with van der Waals surface area (Å²) in [4.78, 5) is 11.9. The van der Waals surface area contributed by atoms with Crippen LogP contribution in [0, 0.1) is 0 Å². The van der Waals surface area contributed by atoms with Gasteiger partial charge in [0, 0.05) is 19.6 Å². The smallest absolute Gasteiger partial charge is 0.255 e. The highest BCUT2D eigenvalue weighted by Gasteiger charge is 2.15. The van der Waals surface area contributed by atoms with Gasteiger partial charge in [0.15, 0.2) is 5.75 Å². The van der Waals surface area contributed by atoms with Gasteiger partial charge in [-0.25, -0.2) is 12.7 Å². The lowest BCUT2D eigenvalue weighted by Crippen LogP contribution is -2.33. The number of amides is 1. The van der Waals surface area contributed by atoms with Crippen molar-refractivity contribution >= 4 is 21.6 Å². The van der Waals surface area contributed by atoms with E-state index in [2.05, 4.69) is 5.32 Å². The first-order valence-corrected chi connectivity index (χ1v) is 8.43. The van der Waals surface area contributed by atoms with Gasteiger partial charge in [-0.15, -0.1) is 0 Å². The quantitative estimate of drug-likeness (QED) is 0.382. The molecule has 0 aromatic heterocycles. The summed E-state index contributed by atoms with van der Waals surface area (Å²) in [5, 5.41) is 12.3. The van der Waals surface area contributed by atoms with Gasteiger partial charge in [0.1, 0.15) is 0 Å². The number of hydrogen-bond acceptors (Lipinski definition) is 5. The number of anilines is 1. The second-order valence-corrected chi connectivity index (χ2v) is 6.59. The van der Waals surface area contributed by atoms with E-state index in [1.54, 1.807) is 13.0 Å². The fourth-order valence-electron chi connectivity index (χ4n) is 1.86. The molecule has 8 heteroatoms. The van der Waals surface area contributed by atoms with E-state index in [0.29, 0.717) is 26.1 Å². The van der Waals surface area contributed by atoms with Gasteiger partial charge in [0.2, 0.25) is 10.0 Å². The maximum Gasteiger partial charge on any atom is 0.255 e. The fourth-order valence-corrected chi connectivity index (χ4v) is 2.79. The average molecular weight is 315 g/mol.